The molecule has 0 radical (unpaired) electrons. The van der Waals surface area contributed by atoms with Gasteiger partial charge < -0.3 is 15.1 Å². The molecule has 4 rings (SSSR count). The fourth-order valence-corrected chi connectivity index (χ4v) is 4.63. The fourth-order valence-electron chi connectivity index (χ4n) is 4.63. The van der Waals surface area contributed by atoms with Crippen molar-refractivity contribution in [2.45, 2.75) is 57.0 Å². The molecule has 2 unspecified atom stereocenters. The minimum atomic E-state index is 0.115. The second-order valence-electron chi connectivity index (χ2n) is 7.80. The van der Waals surface area contributed by atoms with E-state index >= 15 is 0 Å². The second-order valence-corrected chi connectivity index (χ2v) is 7.80. The normalized spacial score (nSPS) is 28.9. The van der Waals surface area contributed by atoms with Crippen molar-refractivity contribution in [2.24, 2.45) is 0 Å². The molecule has 1 aromatic rings. The van der Waals surface area contributed by atoms with E-state index in [1.165, 1.54) is 38.8 Å². The highest BCUT2D eigenvalue weighted by Crippen LogP contribution is 2.22. The SMILES string of the molecule is O=C(c1ccn(C2CCCNC2)n1)N1CCCC(N2CCCC2)CC1. The summed E-state index contributed by atoms with van der Waals surface area (Å²) in [4.78, 5) is 17.6. The number of hydrogen-bond donors (Lipinski definition) is 1. The molecule has 6 nitrogen and oxygen atoms in total. The smallest absolute Gasteiger partial charge is 0.274 e. The number of piperidine rings is 1. The molecule has 0 aliphatic carbocycles. The van der Waals surface area contributed by atoms with Crippen LogP contribution in [-0.4, -0.2) is 70.8 Å². The van der Waals surface area contributed by atoms with Crippen LogP contribution in [0.5, 0.6) is 0 Å². The Morgan fingerprint density at radius 1 is 1.00 bits per heavy atom. The van der Waals surface area contributed by atoms with Crippen molar-refractivity contribution in [3.63, 3.8) is 0 Å². The van der Waals surface area contributed by atoms with Gasteiger partial charge in [-0.25, -0.2) is 0 Å². The lowest BCUT2D eigenvalue weighted by Gasteiger charge is -2.26. The number of aromatic nitrogens is 2. The van der Waals surface area contributed by atoms with Crippen molar-refractivity contribution in [2.75, 3.05) is 39.3 Å². The molecule has 2 atom stereocenters. The first-order valence-corrected chi connectivity index (χ1v) is 10.1. The molecule has 0 spiro atoms. The number of likely N-dealkylation sites (tertiary alicyclic amines) is 2. The lowest BCUT2D eigenvalue weighted by molar-refractivity contribution is 0.0750. The Bertz CT molecular complexity index is 574. The van der Waals surface area contributed by atoms with Crippen molar-refractivity contribution >= 4 is 5.91 Å². The molecule has 3 aliphatic rings. The number of hydrogen-bond acceptors (Lipinski definition) is 4. The Hall–Kier alpha value is -1.40. The van der Waals surface area contributed by atoms with Crippen molar-refractivity contribution in [3.05, 3.63) is 18.0 Å². The van der Waals surface area contributed by atoms with Crippen molar-refractivity contribution < 1.29 is 4.79 Å². The van der Waals surface area contributed by atoms with Crippen molar-refractivity contribution in [1.82, 2.24) is 24.9 Å². The average Bonchev–Trinajstić information content (AvgIpc) is 3.30. The molecule has 0 bridgehead atoms. The van der Waals surface area contributed by atoms with E-state index < -0.39 is 0 Å². The molecule has 6 heteroatoms. The zero-order chi connectivity index (χ0) is 17.1. The van der Waals surface area contributed by atoms with E-state index in [1.54, 1.807) is 0 Å². The summed E-state index contributed by atoms with van der Waals surface area (Å²) in [6.45, 7) is 6.29. The van der Waals surface area contributed by atoms with E-state index in [-0.39, 0.29) is 5.91 Å². The standard InChI is InChI=1S/C19H31N5O/c25-19(18-8-14-24(21-18)17-5-3-9-20-15-17)23-12-4-6-16(7-13-23)22-10-1-2-11-22/h8,14,16-17,20H,1-7,9-13,15H2. The molecule has 3 saturated heterocycles. The van der Waals surface area contributed by atoms with E-state index in [0.29, 0.717) is 17.8 Å². The highest BCUT2D eigenvalue weighted by atomic mass is 16.2. The van der Waals surface area contributed by atoms with Gasteiger partial charge in [0.1, 0.15) is 5.69 Å². The van der Waals surface area contributed by atoms with Crippen LogP contribution in [0, 0.1) is 0 Å². The van der Waals surface area contributed by atoms with Gasteiger partial charge in [0.15, 0.2) is 0 Å². The van der Waals surface area contributed by atoms with E-state index in [4.69, 9.17) is 0 Å². The van der Waals surface area contributed by atoms with Gasteiger partial charge in [-0.15, -0.1) is 0 Å². The number of carbonyl (C=O) groups is 1. The van der Waals surface area contributed by atoms with Crippen LogP contribution in [0.3, 0.4) is 0 Å². The number of nitrogens with one attached hydrogen (secondary N) is 1. The Balaban J connectivity index is 1.36. The third-order valence-electron chi connectivity index (χ3n) is 6.11. The molecular weight excluding hydrogens is 314 g/mol. The predicted molar refractivity (Wildman–Crippen MR) is 97.7 cm³/mol. The summed E-state index contributed by atoms with van der Waals surface area (Å²) < 4.78 is 1.99. The lowest BCUT2D eigenvalue weighted by atomic mass is 10.1. The van der Waals surface area contributed by atoms with Gasteiger partial charge in [-0.2, -0.15) is 5.10 Å². The van der Waals surface area contributed by atoms with Gasteiger partial charge >= 0.3 is 0 Å². The zero-order valence-corrected chi connectivity index (χ0v) is 15.2. The number of carbonyl (C=O) groups excluding carboxylic acids is 1. The van der Waals surface area contributed by atoms with Crippen LogP contribution in [0.15, 0.2) is 12.3 Å². The average molecular weight is 345 g/mol. The van der Waals surface area contributed by atoms with Crippen LogP contribution in [0.1, 0.15) is 61.5 Å². The summed E-state index contributed by atoms with van der Waals surface area (Å²) in [5.74, 6) is 0.115. The molecular formula is C19H31N5O. The number of nitrogens with zero attached hydrogens (tertiary/aromatic N) is 4. The number of rotatable bonds is 3. The van der Waals surface area contributed by atoms with Crippen LogP contribution >= 0.6 is 0 Å². The summed E-state index contributed by atoms with van der Waals surface area (Å²) in [7, 11) is 0. The van der Waals surface area contributed by atoms with E-state index in [2.05, 4.69) is 15.3 Å². The van der Waals surface area contributed by atoms with Crippen LogP contribution in [0.4, 0.5) is 0 Å². The molecule has 3 fully saturated rings. The minimum Gasteiger partial charge on any atom is -0.337 e. The second kappa shape index (κ2) is 7.87. The third kappa shape index (κ3) is 3.90. The number of amides is 1. The lowest BCUT2D eigenvalue weighted by Crippen LogP contribution is -2.36. The van der Waals surface area contributed by atoms with Gasteiger partial charge in [-0.1, -0.05) is 0 Å². The first kappa shape index (κ1) is 17.0. The summed E-state index contributed by atoms with van der Waals surface area (Å²) in [5.41, 5.74) is 0.616. The topological polar surface area (TPSA) is 53.4 Å². The largest absolute Gasteiger partial charge is 0.337 e. The Kier molecular flexibility index (Phi) is 5.36. The van der Waals surface area contributed by atoms with Gasteiger partial charge in [0.05, 0.1) is 6.04 Å². The molecule has 1 amide bonds. The van der Waals surface area contributed by atoms with Gasteiger partial charge in [-0.05, 0) is 70.6 Å². The third-order valence-corrected chi connectivity index (χ3v) is 6.11. The maximum absolute atomic E-state index is 12.9. The quantitative estimate of drug-likeness (QED) is 0.909. The molecule has 25 heavy (non-hydrogen) atoms. The van der Waals surface area contributed by atoms with Gasteiger partial charge in [0, 0.05) is 31.9 Å². The zero-order valence-electron chi connectivity index (χ0n) is 15.2. The highest BCUT2D eigenvalue weighted by Gasteiger charge is 2.27. The van der Waals surface area contributed by atoms with E-state index in [9.17, 15) is 4.79 Å². The van der Waals surface area contributed by atoms with Gasteiger partial charge in [-0.3, -0.25) is 9.48 Å². The first-order chi connectivity index (χ1) is 12.3. The summed E-state index contributed by atoms with van der Waals surface area (Å²) in [6, 6.07) is 2.96. The molecule has 0 saturated carbocycles. The highest BCUT2D eigenvalue weighted by molar-refractivity contribution is 5.92. The van der Waals surface area contributed by atoms with E-state index in [0.717, 1.165) is 45.4 Å². The Morgan fingerprint density at radius 2 is 1.84 bits per heavy atom. The van der Waals surface area contributed by atoms with Crippen LogP contribution in [0.25, 0.3) is 0 Å². The summed E-state index contributed by atoms with van der Waals surface area (Å²) in [5, 5.41) is 8.03. The van der Waals surface area contributed by atoms with Crippen molar-refractivity contribution in [3.8, 4) is 0 Å². The van der Waals surface area contributed by atoms with Crippen LogP contribution in [0.2, 0.25) is 0 Å². The molecule has 3 aliphatic heterocycles. The summed E-state index contributed by atoms with van der Waals surface area (Å²) in [6.07, 6.45) is 10.4. The van der Waals surface area contributed by atoms with Gasteiger partial charge in [0.2, 0.25) is 0 Å². The van der Waals surface area contributed by atoms with E-state index in [1.807, 2.05) is 21.8 Å². The molecule has 1 N–H and O–H groups in total. The van der Waals surface area contributed by atoms with Crippen LogP contribution < -0.4 is 5.32 Å². The minimum absolute atomic E-state index is 0.115. The maximum atomic E-state index is 12.9. The Labute approximate surface area is 150 Å². The van der Waals surface area contributed by atoms with Crippen LogP contribution in [-0.2, 0) is 0 Å². The fraction of sp³-hybridized carbons (Fsp3) is 0.789. The monoisotopic (exact) mass is 345 g/mol. The first-order valence-electron chi connectivity index (χ1n) is 10.1. The molecule has 4 heterocycles. The molecule has 0 aromatic carbocycles. The van der Waals surface area contributed by atoms with Gasteiger partial charge in [0.25, 0.3) is 5.91 Å². The summed E-state index contributed by atoms with van der Waals surface area (Å²) >= 11 is 0. The Morgan fingerprint density at radius 3 is 2.64 bits per heavy atom. The van der Waals surface area contributed by atoms with Crippen molar-refractivity contribution in [1.29, 1.82) is 0 Å². The predicted octanol–water partition coefficient (Wildman–Crippen LogP) is 1.90. The molecule has 1 aromatic heterocycles. The molecule has 138 valence electrons. The maximum Gasteiger partial charge on any atom is 0.274 e.